The third-order valence-electron chi connectivity index (χ3n) is 8.15. The van der Waals surface area contributed by atoms with Crippen molar-refractivity contribution in [2.24, 2.45) is 13.0 Å². The lowest BCUT2D eigenvalue weighted by Gasteiger charge is -2.27. The van der Waals surface area contributed by atoms with E-state index >= 15 is 0 Å². The van der Waals surface area contributed by atoms with E-state index in [1.165, 1.54) is 7.11 Å². The highest BCUT2D eigenvalue weighted by molar-refractivity contribution is 7.89. The molecule has 0 fully saturated rings. The van der Waals surface area contributed by atoms with Gasteiger partial charge in [-0.1, -0.05) is 48.5 Å². The van der Waals surface area contributed by atoms with Crippen molar-refractivity contribution in [3.8, 4) is 0 Å². The van der Waals surface area contributed by atoms with E-state index in [-0.39, 0.29) is 18.4 Å². The van der Waals surface area contributed by atoms with Crippen molar-refractivity contribution in [2.45, 2.75) is 38.1 Å². The second-order valence-corrected chi connectivity index (χ2v) is 12.5. The van der Waals surface area contributed by atoms with E-state index < -0.39 is 15.9 Å². The Morgan fingerprint density at radius 1 is 1.05 bits per heavy atom. The summed E-state index contributed by atoms with van der Waals surface area (Å²) < 4.78 is 36.0. The van der Waals surface area contributed by atoms with Gasteiger partial charge < -0.3 is 9.64 Å². The number of rotatable bonds is 6. The molecule has 2 heterocycles. The Bertz CT molecular complexity index is 1700. The molecule has 1 aliphatic rings. The van der Waals surface area contributed by atoms with Gasteiger partial charge in [0.25, 0.3) is 0 Å². The fourth-order valence-corrected chi connectivity index (χ4v) is 7.33. The van der Waals surface area contributed by atoms with E-state index in [1.54, 1.807) is 21.1 Å². The molecule has 1 aromatic heterocycles. The van der Waals surface area contributed by atoms with E-state index in [4.69, 9.17) is 4.74 Å². The van der Waals surface area contributed by atoms with Crippen LogP contribution in [0.4, 0.5) is 5.69 Å². The number of anilines is 1. The summed E-state index contributed by atoms with van der Waals surface area (Å²) in [6.45, 7) is 7.01. The van der Waals surface area contributed by atoms with Crippen LogP contribution in [0.3, 0.4) is 0 Å². The third-order valence-corrected chi connectivity index (χ3v) is 10.0. The molecule has 10 heteroatoms. The number of methoxy groups -OCH3 is 1. The maximum atomic E-state index is 13.8. The molecule has 1 aliphatic heterocycles. The van der Waals surface area contributed by atoms with Crippen LogP contribution in [0, 0.1) is 19.8 Å². The number of aryl methyl sites for hydroxylation is 3. The lowest BCUT2D eigenvalue weighted by Crippen LogP contribution is -2.33. The molecule has 0 amide bonds. The highest BCUT2D eigenvalue weighted by Gasteiger charge is 2.33. The van der Waals surface area contributed by atoms with E-state index in [1.807, 2.05) is 82.2 Å². The SMILES string of the molecule is COC(=O)C(C)C(c1ccc(C)c(CN2CCN(C)c3ccccc3S2(=O)=O)c1)c1ccc2c(nnn2C)c1C. The van der Waals surface area contributed by atoms with Crippen molar-refractivity contribution in [3.63, 3.8) is 0 Å². The van der Waals surface area contributed by atoms with Crippen molar-refractivity contribution < 1.29 is 17.9 Å². The molecule has 9 nitrogen and oxygen atoms in total. The lowest BCUT2D eigenvalue weighted by molar-refractivity contribution is -0.145. The zero-order valence-corrected chi connectivity index (χ0v) is 24.6. The fraction of sp³-hybridized carbons (Fsp3) is 0.367. The van der Waals surface area contributed by atoms with Gasteiger partial charge in [-0.3, -0.25) is 4.79 Å². The number of para-hydroxylation sites is 1. The number of benzene rings is 3. The smallest absolute Gasteiger partial charge is 0.309 e. The number of aromatic nitrogens is 3. The van der Waals surface area contributed by atoms with Gasteiger partial charge in [0, 0.05) is 39.6 Å². The lowest BCUT2D eigenvalue weighted by atomic mass is 9.78. The summed E-state index contributed by atoms with van der Waals surface area (Å²) >= 11 is 0. The van der Waals surface area contributed by atoms with Gasteiger partial charge in [-0.05, 0) is 59.9 Å². The highest BCUT2D eigenvalue weighted by Crippen LogP contribution is 2.38. The van der Waals surface area contributed by atoms with E-state index in [0.29, 0.717) is 23.7 Å². The Labute approximate surface area is 235 Å². The van der Waals surface area contributed by atoms with Gasteiger partial charge >= 0.3 is 5.97 Å². The zero-order chi connectivity index (χ0) is 28.8. The van der Waals surface area contributed by atoms with Crippen LogP contribution in [0.5, 0.6) is 0 Å². The molecule has 3 aromatic carbocycles. The normalized spacial score (nSPS) is 16.8. The van der Waals surface area contributed by atoms with Gasteiger partial charge in [0.1, 0.15) is 10.4 Å². The van der Waals surface area contributed by atoms with Crippen LogP contribution in [0.25, 0.3) is 11.0 Å². The number of nitrogens with zero attached hydrogens (tertiary/aromatic N) is 5. The minimum absolute atomic E-state index is 0.228. The number of hydrogen-bond donors (Lipinski definition) is 0. The molecule has 0 radical (unpaired) electrons. The van der Waals surface area contributed by atoms with Crippen molar-refractivity contribution in [1.82, 2.24) is 19.3 Å². The van der Waals surface area contributed by atoms with Crippen LogP contribution in [0.2, 0.25) is 0 Å². The van der Waals surface area contributed by atoms with Crippen molar-refractivity contribution in [2.75, 3.05) is 32.1 Å². The number of likely N-dealkylation sites (N-methyl/N-ethyl adjacent to an activating group) is 1. The maximum absolute atomic E-state index is 13.8. The van der Waals surface area contributed by atoms with Gasteiger partial charge in [-0.15, -0.1) is 5.10 Å². The Morgan fingerprint density at radius 3 is 2.55 bits per heavy atom. The Balaban J connectivity index is 1.59. The number of sulfonamides is 1. The molecule has 0 spiro atoms. The monoisotopic (exact) mass is 561 g/mol. The van der Waals surface area contributed by atoms with Crippen LogP contribution < -0.4 is 4.90 Å². The summed E-state index contributed by atoms with van der Waals surface area (Å²) in [6, 6.07) is 17.2. The molecule has 5 rings (SSSR count). The van der Waals surface area contributed by atoms with Gasteiger partial charge in [0.2, 0.25) is 10.0 Å². The van der Waals surface area contributed by atoms with Crippen molar-refractivity contribution >= 4 is 32.7 Å². The number of fused-ring (bicyclic) bond motifs is 2. The number of carbonyl (C=O) groups is 1. The number of hydrogen-bond acceptors (Lipinski definition) is 7. The molecule has 2 atom stereocenters. The average molecular weight is 562 g/mol. The quantitative estimate of drug-likeness (QED) is 0.326. The van der Waals surface area contributed by atoms with Gasteiger partial charge in [0.05, 0.1) is 24.2 Å². The molecule has 0 bridgehead atoms. The first-order chi connectivity index (χ1) is 19.0. The Morgan fingerprint density at radius 2 is 1.80 bits per heavy atom. The summed E-state index contributed by atoms with van der Waals surface area (Å²) in [7, 11) is 1.45. The van der Waals surface area contributed by atoms with E-state index in [0.717, 1.165) is 38.9 Å². The number of esters is 1. The first-order valence-electron chi connectivity index (χ1n) is 13.3. The summed E-state index contributed by atoms with van der Waals surface area (Å²) in [5, 5.41) is 8.53. The highest BCUT2D eigenvalue weighted by atomic mass is 32.2. The second-order valence-electron chi connectivity index (χ2n) is 10.6. The molecule has 0 N–H and O–H groups in total. The maximum Gasteiger partial charge on any atom is 0.309 e. The second kappa shape index (κ2) is 10.7. The third kappa shape index (κ3) is 4.75. The predicted molar refractivity (Wildman–Crippen MR) is 155 cm³/mol. The Hall–Kier alpha value is -3.76. The molecule has 2 unspecified atom stereocenters. The molecule has 40 heavy (non-hydrogen) atoms. The summed E-state index contributed by atoms with van der Waals surface area (Å²) in [5.41, 5.74) is 7.09. The standard InChI is InChI=1S/C30H35N5O4S/c1-19-11-12-22(17-23(19)18-35-16-15-33(4)25-9-7-8-10-27(25)40(35,37)38)28(21(3)30(36)39-6)24-13-14-26-29(20(24)2)31-32-34(26)5/h7-14,17,21,28H,15-16,18H2,1-6H3. The van der Waals surface area contributed by atoms with E-state index in [2.05, 4.69) is 10.3 Å². The van der Waals surface area contributed by atoms with Gasteiger partial charge in [0.15, 0.2) is 0 Å². The van der Waals surface area contributed by atoms with Gasteiger partial charge in [-0.2, -0.15) is 4.31 Å². The molecule has 0 saturated heterocycles. The number of carbonyl (C=O) groups excluding carboxylic acids is 1. The summed E-state index contributed by atoms with van der Waals surface area (Å²) in [4.78, 5) is 15.2. The molecular formula is C30H35N5O4S. The van der Waals surface area contributed by atoms with Crippen LogP contribution in [0.15, 0.2) is 59.5 Å². The largest absolute Gasteiger partial charge is 0.469 e. The van der Waals surface area contributed by atoms with Gasteiger partial charge in [-0.25, -0.2) is 13.1 Å². The minimum atomic E-state index is -3.71. The first-order valence-corrected chi connectivity index (χ1v) is 14.7. The average Bonchev–Trinajstić information content (AvgIpc) is 3.30. The minimum Gasteiger partial charge on any atom is -0.469 e. The first kappa shape index (κ1) is 27.8. The van der Waals surface area contributed by atoms with Crippen LogP contribution in [0.1, 0.15) is 40.7 Å². The van der Waals surface area contributed by atoms with E-state index in [9.17, 15) is 13.2 Å². The van der Waals surface area contributed by atoms with Crippen molar-refractivity contribution in [1.29, 1.82) is 0 Å². The topological polar surface area (TPSA) is 97.6 Å². The van der Waals surface area contributed by atoms with Crippen LogP contribution in [-0.2, 0) is 33.1 Å². The zero-order valence-electron chi connectivity index (χ0n) is 23.7. The molecule has 4 aromatic rings. The predicted octanol–water partition coefficient (Wildman–Crippen LogP) is 4.17. The summed E-state index contributed by atoms with van der Waals surface area (Å²) in [6.07, 6.45) is 0. The van der Waals surface area contributed by atoms with Crippen LogP contribution in [-0.4, -0.2) is 60.9 Å². The fourth-order valence-electron chi connectivity index (χ4n) is 5.69. The summed E-state index contributed by atoms with van der Waals surface area (Å²) in [5.74, 6) is -1.14. The van der Waals surface area contributed by atoms with Crippen molar-refractivity contribution in [3.05, 3.63) is 82.4 Å². The molecule has 210 valence electrons. The molecular weight excluding hydrogens is 526 g/mol. The van der Waals surface area contributed by atoms with Crippen LogP contribution >= 0.6 is 0 Å². The Kier molecular flexibility index (Phi) is 7.41. The number of ether oxygens (including phenoxy) is 1. The molecule has 0 aliphatic carbocycles. The molecule has 0 saturated carbocycles.